The molecule has 2 N–H and O–H groups in total. The monoisotopic (exact) mass is 275 g/mol. The first kappa shape index (κ1) is 14.1. The van der Waals surface area contributed by atoms with Crippen molar-refractivity contribution >= 4 is 0 Å². The maximum Gasteiger partial charge on any atom is 0.417 e. The van der Waals surface area contributed by atoms with E-state index in [-0.39, 0.29) is 18.0 Å². The van der Waals surface area contributed by atoms with Crippen molar-refractivity contribution in [1.82, 2.24) is 15.6 Å². The molecular formula is C12H16F3N3O. The van der Waals surface area contributed by atoms with Gasteiger partial charge in [-0.25, -0.2) is 4.98 Å². The molecule has 1 aromatic rings. The van der Waals surface area contributed by atoms with E-state index in [2.05, 4.69) is 15.6 Å². The Morgan fingerprint density at radius 3 is 2.68 bits per heavy atom. The molecule has 4 nitrogen and oxygen atoms in total. The van der Waals surface area contributed by atoms with Crippen LogP contribution >= 0.6 is 0 Å². The van der Waals surface area contributed by atoms with E-state index < -0.39 is 11.7 Å². The Hall–Kier alpha value is -1.34. The molecule has 2 rings (SSSR count). The maximum atomic E-state index is 12.4. The van der Waals surface area contributed by atoms with Gasteiger partial charge < -0.3 is 15.4 Å². The van der Waals surface area contributed by atoms with Gasteiger partial charge in [0.25, 0.3) is 0 Å². The van der Waals surface area contributed by atoms with Gasteiger partial charge in [0, 0.05) is 31.9 Å². The molecule has 1 saturated heterocycles. The molecule has 1 aromatic heterocycles. The Balaban J connectivity index is 1.95. The molecule has 0 radical (unpaired) electrons. The minimum absolute atomic E-state index is 0.123. The zero-order valence-electron chi connectivity index (χ0n) is 10.5. The Bertz CT molecular complexity index is 402. The smallest absolute Gasteiger partial charge is 0.417 e. The fourth-order valence-corrected chi connectivity index (χ4v) is 1.90. The lowest BCUT2D eigenvalue weighted by Crippen LogP contribution is -2.54. The zero-order chi connectivity index (χ0) is 13.9. The summed E-state index contributed by atoms with van der Waals surface area (Å²) in [5.41, 5.74) is -0.773. The molecule has 2 unspecified atom stereocenters. The van der Waals surface area contributed by atoms with Gasteiger partial charge >= 0.3 is 6.18 Å². The van der Waals surface area contributed by atoms with Crippen LogP contribution < -0.4 is 15.4 Å². The van der Waals surface area contributed by atoms with E-state index in [1.165, 1.54) is 6.07 Å². The molecule has 0 bridgehead atoms. The summed E-state index contributed by atoms with van der Waals surface area (Å²) in [4.78, 5) is 3.69. The summed E-state index contributed by atoms with van der Waals surface area (Å²) in [5, 5.41) is 6.50. The van der Waals surface area contributed by atoms with Crippen molar-refractivity contribution in [2.45, 2.75) is 25.2 Å². The van der Waals surface area contributed by atoms with E-state index in [0.717, 1.165) is 31.9 Å². The zero-order valence-corrected chi connectivity index (χ0v) is 10.5. The van der Waals surface area contributed by atoms with Crippen LogP contribution in [0.15, 0.2) is 18.3 Å². The topological polar surface area (TPSA) is 46.2 Å². The number of piperazine rings is 1. The second kappa shape index (κ2) is 5.75. The predicted molar refractivity (Wildman–Crippen MR) is 64.0 cm³/mol. The second-order valence-corrected chi connectivity index (χ2v) is 4.47. The molecule has 0 amide bonds. The van der Waals surface area contributed by atoms with Crippen LogP contribution in [0.4, 0.5) is 13.2 Å². The molecule has 2 atom stereocenters. The first-order valence-corrected chi connectivity index (χ1v) is 6.11. The van der Waals surface area contributed by atoms with E-state index in [4.69, 9.17) is 4.74 Å². The summed E-state index contributed by atoms with van der Waals surface area (Å²) in [6.45, 7) is 4.38. The van der Waals surface area contributed by atoms with E-state index in [1.807, 2.05) is 6.92 Å². The average Bonchev–Trinajstić information content (AvgIpc) is 2.39. The SMILES string of the molecule is CC(Oc1ccc(C(F)(F)F)cn1)C1CNCCN1. The molecule has 0 aliphatic carbocycles. The van der Waals surface area contributed by atoms with Gasteiger partial charge in [-0.15, -0.1) is 0 Å². The Morgan fingerprint density at radius 2 is 2.16 bits per heavy atom. The summed E-state index contributed by atoms with van der Waals surface area (Å²) in [5.74, 6) is 0.202. The predicted octanol–water partition coefficient (Wildman–Crippen LogP) is 1.43. The fraction of sp³-hybridized carbons (Fsp3) is 0.583. The van der Waals surface area contributed by atoms with Crippen LogP contribution in [0, 0.1) is 0 Å². The minimum atomic E-state index is -4.37. The van der Waals surface area contributed by atoms with Crippen LogP contribution in [0.1, 0.15) is 12.5 Å². The molecule has 1 fully saturated rings. The molecule has 0 saturated carbocycles. The van der Waals surface area contributed by atoms with Crippen molar-refractivity contribution in [1.29, 1.82) is 0 Å². The standard InChI is InChI=1S/C12H16F3N3O/c1-8(10-7-16-4-5-17-10)19-11-3-2-9(6-18-11)12(13,14)15/h2-3,6,8,10,16-17H,4-5,7H2,1H3. The molecule has 1 aliphatic rings. The van der Waals surface area contributed by atoms with E-state index in [9.17, 15) is 13.2 Å². The van der Waals surface area contributed by atoms with Crippen molar-refractivity contribution in [2.75, 3.05) is 19.6 Å². The van der Waals surface area contributed by atoms with Gasteiger partial charge in [0.1, 0.15) is 6.10 Å². The second-order valence-electron chi connectivity index (χ2n) is 4.47. The highest BCUT2D eigenvalue weighted by Gasteiger charge is 2.31. The number of hydrogen-bond donors (Lipinski definition) is 2. The highest BCUT2D eigenvalue weighted by Crippen LogP contribution is 2.29. The lowest BCUT2D eigenvalue weighted by atomic mass is 10.1. The quantitative estimate of drug-likeness (QED) is 0.876. The van der Waals surface area contributed by atoms with Gasteiger partial charge in [-0.3, -0.25) is 0 Å². The lowest BCUT2D eigenvalue weighted by Gasteiger charge is -2.29. The van der Waals surface area contributed by atoms with Gasteiger partial charge in [-0.2, -0.15) is 13.2 Å². The van der Waals surface area contributed by atoms with Crippen molar-refractivity contribution in [3.8, 4) is 5.88 Å². The molecule has 7 heteroatoms. The summed E-state index contributed by atoms with van der Waals surface area (Å²) in [6.07, 6.45) is -3.75. The molecular weight excluding hydrogens is 259 g/mol. The molecule has 19 heavy (non-hydrogen) atoms. The molecule has 2 heterocycles. The van der Waals surface area contributed by atoms with Crippen molar-refractivity contribution in [3.05, 3.63) is 23.9 Å². The number of rotatable bonds is 3. The Labute approximate surface area is 109 Å². The van der Waals surface area contributed by atoms with Crippen LogP contribution in [0.5, 0.6) is 5.88 Å². The van der Waals surface area contributed by atoms with Crippen LogP contribution in [0.3, 0.4) is 0 Å². The number of alkyl halides is 3. The van der Waals surface area contributed by atoms with Crippen LogP contribution in [-0.2, 0) is 6.18 Å². The van der Waals surface area contributed by atoms with Gasteiger partial charge in [0.05, 0.1) is 11.6 Å². The van der Waals surface area contributed by atoms with Crippen LogP contribution in [0.2, 0.25) is 0 Å². The average molecular weight is 275 g/mol. The van der Waals surface area contributed by atoms with Crippen molar-refractivity contribution < 1.29 is 17.9 Å². The minimum Gasteiger partial charge on any atom is -0.473 e. The number of halogens is 3. The molecule has 0 spiro atoms. The maximum absolute atomic E-state index is 12.4. The lowest BCUT2D eigenvalue weighted by molar-refractivity contribution is -0.137. The normalized spacial score (nSPS) is 22.0. The van der Waals surface area contributed by atoms with Crippen LogP contribution in [-0.4, -0.2) is 36.8 Å². The van der Waals surface area contributed by atoms with E-state index in [0.29, 0.717) is 0 Å². The highest BCUT2D eigenvalue weighted by molar-refractivity contribution is 5.20. The van der Waals surface area contributed by atoms with Gasteiger partial charge in [0.15, 0.2) is 0 Å². The third-order valence-electron chi connectivity index (χ3n) is 3.01. The number of aromatic nitrogens is 1. The van der Waals surface area contributed by atoms with Gasteiger partial charge in [-0.05, 0) is 13.0 Å². The largest absolute Gasteiger partial charge is 0.473 e. The van der Waals surface area contributed by atoms with Gasteiger partial charge in [-0.1, -0.05) is 0 Å². The number of ether oxygens (including phenoxy) is 1. The first-order chi connectivity index (χ1) is 8.97. The molecule has 106 valence electrons. The fourth-order valence-electron chi connectivity index (χ4n) is 1.90. The molecule has 0 aromatic carbocycles. The Kier molecular flexibility index (Phi) is 4.26. The highest BCUT2D eigenvalue weighted by atomic mass is 19.4. The third-order valence-corrected chi connectivity index (χ3v) is 3.01. The first-order valence-electron chi connectivity index (χ1n) is 6.11. The van der Waals surface area contributed by atoms with E-state index >= 15 is 0 Å². The number of nitrogens with one attached hydrogen (secondary N) is 2. The van der Waals surface area contributed by atoms with Crippen LogP contribution in [0.25, 0.3) is 0 Å². The molecule has 1 aliphatic heterocycles. The number of hydrogen-bond acceptors (Lipinski definition) is 4. The van der Waals surface area contributed by atoms with Gasteiger partial charge in [0.2, 0.25) is 5.88 Å². The number of pyridine rings is 1. The Morgan fingerprint density at radius 1 is 1.37 bits per heavy atom. The number of nitrogens with zero attached hydrogens (tertiary/aromatic N) is 1. The van der Waals surface area contributed by atoms with Crippen molar-refractivity contribution in [3.63, 3.8) is 0 Å². The summed E-state index contributed by atoms with van der Waals surface area (Å²) >= 11 is 0. The summed E-state index contributed by atoms with van der Waals surface area (Å²) in [6, 6.07) is 2.34. The van der Waals surface area contributed by atoms with E-state index in [1.54, 1.807) is 0 Å². The third kappa shape index (κ3) is 3.81. The van der Waals surface area contributed by atoms with Crippen molar-refractivity contribution in [2.24, 2.45) is 0 Å². The summed E-state index contributed by atoms with van der Waals surface area (Å²) in [7, 11) is 0. The summed E-state index contributed by atoms with van der Waals surface area (Å²) < 4.78 is 42.7.